The van der Waals surface area contributed by atoms with Crippen LogP contribution in [0.4, 0.5) is 11.4 Å². The van der Waals surface area contributed by atoms with Gasteiger partial charge >= 0.3 is 0 Å². The number of hydrogen-bond acceptors (Lipinski definition) is 2. The molecule has 172 valence electrons. The second-order valence-electron chi connectivity index (χ2n) is 10.3. The van der Waals surface area contributed by atoms with Crippen LogP contribution in [0.1, 0.15) is 51.2 Å². The van der Waals surface area contributed by atoms with Crippen LogP contribution in [0.5, 0.6) is 0 Å². The summed E-state index contributed by atoms with van der Waals surface area (Å²) in [6, 6.07) is 16.7. The fourth-order valence-corrected chi connectivity index (χ4v) is 5.56. The zero-order valence-electron chi connectivity index (χ0n) is 19.8. The molecule has 2 atom stereocenters. The summed E-state index contributed by atoms with van der Waals surface area (Å²) in [6.45, 7) is 12.0. The second-order valence-corrected chi connectivity index (χ2v) is 11.1. The molecule has 2 aromatic rings. The first kappa shape index (κ1) is 24.5. The zero-order valence-corrected chi connectivity index (χ0v) is 21.5. The number of hydrogen-bond donors (Lipinski definition) is 4. The van der Waals surface area contributed by atoms with Crippen LogP contribution < -0.4 is 21.3 Å². The van der Waals surface area contributed by atoms with E-state index in [0.29, 0.717) is 16.3 Å². The molecule has 0 radical (unpaired) electrons. The van der Waals surface area contributed by atoms with Gasteiger partial charge in [-0.25, -0.2) is 0 Å². The summed E-state index contributed by atoms with van der Waals surface area (Å²) >= 11 is 11.2. The minimum atomic E-state index is 0.106. The lowest BCUT2D eigenvalue weighted by atomic mass is 9.62. The molecule has 0 saturated heterocycles. The summed E-state index contributed by atoms with van der Waals surface area (Å²) in [5.74, 6) is 0. The molecule has 1 fully saturated rings. The van der Waals surface area contributed by atoms with E-state index in [1.54, 1.807) is 0 Å². The van der Waals surface area contributed by atoms with Crippen molar-refractivity contribution >= 4 is 46.0 Å². The van der Waals surface area contributed by atoms with Crippen molar-refractivity contribution in [2.45, 2.75) is 59.9 Å². The summed E-state index contributed by atoms with van der Waals surface area (Å²) in [7, 11) is 0. The van der Waals surface area contributed by atoms with Crippen LogP contribution in [0.25, 0.3) is 0 Å². The van der Waals surface area contributed by atoms with Crippen molar-refractivity contribution in [3.8, 4) is 0 Å². The van der Waals surface area contributed by atoms with Crippen molar-refractivity contribution in [2.75, 3.05) is 17.2 Å². The van der Waals surface area contributed by atoms with E-state index in [0.717, 1.165) is 37.2 Å². The highest BCUT2D eigenvalue weighted by atomic mass is 32.1. The maximum atomic E-state index is 5.65. The second kappa shape index (κ2) is 10.2. The van der Waals surface area contributed by atoms with Gasteiger partial charge in [0.05, 0.1) is 0 Å². The number of benzene rings is 2. The molecule has 1 aliphatic carbocycles. The van der Waals surface area contributed by atoms with Crippen LogP contribution in [0.2, 0.25) is 0 Å². The van der Waals surface area contributed by atoms with E-state index >= 15 is 0 Å². The Balaban J connectivity index is 1.58. The van der Waals surface area contributed by atoms with Crippen LogP contribution in [0.3, 0.4) is 0 Å². The van der Waals surface area contributed by atoms with Gasteiger partial charge in [-0.1, -0.05) is 57.2 Å². The molecule has 2 aromatic carbocycles. The molecular formula is C26H36N4S2. The molecule has 4 N–H and O–H groups in total. The third-order valence-electron chi connectivity index (χ3n) is 6.24. The Morgan fingerprint density at radius 3 is 1.94 bits per heavy atom. The topological polar surface area (TPSA) is 48.1 Å². The Hall–Kier alpha value is -2.18. The lowest BCUT2D eigenvalue weighted by Crippen LogP contribution is -2.51. The Labute approximate surface area is 204 Å². The van der Waals surface area contributed by atoms with Crippen LogP contribution in [0.15, 0.2) is 48.5 Å². The van der Waals surface area contributed by atoms with Crippen molar-refractivity contribution in [1.29, 1.82) is 0 Å². The van der Waals surface area contributed by atoms with Gasteiger partial charge in [0.1, 0.15) is 0 Å². The monoisotopic (exact) mass is 468 g/mol. The highest BCUT2D eigenvalue weighted by Gasteiger charge is 2.41. The molecule has 0 amide bonds. The SMILES string of the molecule is Cc1ccccc1NC(=S)NC[C@]1(C)C[C@H](NC(=S)Nc2ccccc2C)CC(C)(C)C1. The molecule has 1 saturated carbocycles. The molecule has 0 aromatic heterocycles. The van der Waals surface area contributed by atoms with Gasteiger partial charge in [0.2, 0.25) is 0 Å². The number of rotatable bonds is 5. The van der Waals surface area contributed by atoms with Gasteiger partial charge in [0, 0.05) is 24.0 Å². The smallest absolute Gasteiger partial charge is 0.171 e. The van der Waals surface area contributed by atoms with E-state index in [1.165, 1.54) is 11.1 Å². The Morgan fingerprint density at radius 2 is 1.38 bits per heavy atom. The van der Waals surface area contributed by atoms with Crippen LogP contribution in [-0.4, -0.2) is 22.8 Å². The van der Waals surface area contributed by atoms with Crippen molar-refractivity contribution < 1.29 is 0 Å². The number of anilines is 2. The van der Waals surface area contributed by atoms with Crippen molar-refractivity contribution in [2.24, 2.45) is 10.8 Å². The van der Waals surface area contributed by atoms with Crippen molar-refractivity contribution in [1.82, 2.24) is 10.6 Å². The number of nitrogens with one attached hydrogen (secondary N) is 4. The summed E-state index contributed by atoms with van der Waals surface area (Å²) in [6.07, 6.45) is 3.26. The van der Waals surface area contributed by atoms with Crippen molar-refractivity contribution in [3.05, 3.63) is 59.7 Å². The third-order valence-corrected chi connectivity index (χ3v) is 6.71. The fraction of sp³-hybridized carbons (Fsp3) is 0.462. The predicted octanol–water partition coefficient (Wildman–Crippen LogP) is 6.16. The molecule has 0 heterocycles. The summed E-state index contributed by atoms with van der Waals surface area (Å²) in [5, 5.41) is 15.1. The maximum absolute atomic E-state index is 5.65. The molecular weight excluding hydrogens is 432 g/mol. The molecule has 0 aliphatic heterocycles. The molecule has 0 bridgehead atoms. The normalized spacial score (nSPS) is 22.0. The van der Waals surface area contributed by atoms with E-state index in [4.69, 9.17) is 24.4 Å². The average molecular weight is 469 g/mol. The molecule has 0 unspecified atom stereocenters. The van der Waals surface area contributed by atoms with Gasteiger partial charge in [-0.05, 0) is 91.6 Å². The van der Waals surface area contributed by atoms with E-state index in [-0.39, 0.29) is 10.8 Å². The first-order valence-electron chi connectivity index (χ1n) is 11.3. The first-order chi connectivity index (χ1) is 15.1. The largest absolute Gasteiger partial charge is 0.362 e. The average Bonchev–Trinajstić information content (AvgIpc) is 2.68. The van der Waals surface area contributed by atoms with Gasteiger partial charge in [0.15, 0.2) is 10.2 Å². The molecule has 32 heavy (non-hydrogen) atoms. The fourth-order valence-electron chi connectivity index (χ4n) is 5.10. The van der Waals surface area contributed by atoms with Gasteiger partial charge < -0.3 is 21.3 Å². The molecule has 0 spiro atoms. The zero-order chi connectivity index (χ0) is 23.4. The molecule has 4 nitrogen and oxygen atoms in total. The van der Waals surface area contributed by atoms with E-state index in [9.17, 15) is 0 Å². The van der Waals surface area contributed by atoms with Gasteiger partial charge in [-0.3, -0.25) is 0 Å². The van der Waals surface area contributed by atoms with E-state index in [1.807, 2.05) is 24.3 Å². The van der Waals surface area contributed by atoms with E-state index < -0.39 is 0 Å². The summed E-state index contributed by atoms with van der Waals surface area (Å²) < 4.78 is 0. The summed E-state index contributed by atoms with van der Waals surface area (Å²) in [5.41, 5.74) is 4.79. The molecule has 3 rings (SSSR count). The van der Waals surface area contributed by atoms with Crippen LogP contribution >= 0.6 is 24.4 Å². The predicted molar refractivity (Wildman–Crippen MR) is 145 cm³/mol. The van der Waals surface area contributed by atoms with Crippen LogP contribution in [0, 0.1) is 24.7 Å². The lowest BCUT2D eigenvalue weighted by Gasteiger charge is -2.47. The number of aryl methyl sites for hydroxylation is 2. The highest BCUT2D eigenvalue weighted by molar-refractivity contribution is 7.80. The lowest BCUT2D eigenvalue weighted by molar-refractivity contribution is 0.0807. The quantitative estimate of drug-likeness (QED) is 0.394. The Bertz CT molecular complexity index is 972. The number of thiocarbonyl (C=S) groups is 2. The van der Waals surface area contributed by atoms with Crippen molar-refractivity contribution in [3.63, 3.8) is 0 Å². The third kappa shape index (κ3) is 6.91. The minimum Gasteiger partial charge on any atom is -0.362 e. The Kier molecular flexibility index (Phi) is 7.78. The maximum Gasteiger partial charge on any atom is 0.171 e. The summed E-state index contributed by atoms with van der Waals surface area (Å²) in [4.78, 5) is 0. The molecule has 1 aliphatic rings. The van der Waals surface area contributed by atoms with Gasteiger partial charge in [-0.15, -0.1) is 0 Å². The number of para-hydroxylation sites is 2. The van der Waals surface area contributed by atoms with Gasteiger partial charge in [0.25, 0.3) is 0 Å². The first-order valence-corrected chi connectivity index (χ1v) is 12.1. The highest BCUT2D eigenvalue weighted by Crippen LogP contribution is 2.45. The van der Waals surface area contributed by atoms with Crippen LogP contribution in [-0.2, 0) is 0 Å². The molecule has 6 heteroatoms. The minimum absolute atomic E-state index is 0.106. The standard InChI is InChI=1S/C26H36N4S2/c1-18-10-6-8-12-21(18)29-23(31)27-17-26(5)15-20(14-25(3,4)16-26)28-24(32)30-22-13-9-7-11-19(22)2/h6-13,20H,14-17H2,1-5H3,(H2,27,29,31)(H2,28,30,32)/t20-,26-/m1/s1. The Morgan fingerprint density at radius 1 is 0.844 bits per heavy atom. The van der Waals surface area contributed by atoms with Gasteiger partial charge in [-0.2, -0.15) is 0 Å². The van der Waals surface area contributed by atoms with E-state index in [2.05, 4.69) is 80.2 Å².